The summed E-state index contributed by atoms with van der Waals surface area (Å²) >= 11 is 5.27. The molecule has 0 saturated heterocycles. The Kier molecular flexibility index (Phi) is 10.9. The second kappa shape index (κ2) is 12.1. The summed E-state index contributed by atoms with van der Waals surface area (Å²) < 4.78 is 5.40. The summed E-state index contributed by atoms with van der Waals surface area (Å²) in [6.45, 7) is 5.01. The first-order valence-electron chi connectivity index (χ1n) is 9.27. The molecule has 8 heteroatoms. The third kappa shape index (κ3) is 6.29. The molecule has 3 rings (SSSR count). The molecule has 1 aromatic heterocycles. The number of nitrogens with one attached hydrogen (secondary N) is 1. The molecule has 1 atom stereocenters. The predicted molar refractivity (Wildman–Crippen MR) is 131 cm³/mol. The molecule has 0 radical (unpaired) electrons. The van der Waals surface area contributed by atoms with Crippen molar-refractivity contribution in [1.29, 1.82) is 0 Å². The number of nitrogens with zero attached hydrogens (tertiary/aromatic N) is 1. The van der Waals surface area contributed by atoms with E-state index < -0.39 is 14.7 Å². The van der Waals surface area contributed by atoms with Crippen molar-refractivity contribution in [2.75, 3.05) is 19.0 Å². The molecule has 160 valence electrons. The number of hydrogen-bond acceptors (Lipinski definition) is 4. The maximum atomic E-state index is 10.5. The van der Waals surface area contributed by atoms with Crippen LogP contribution in [0.4, 0.5) is 5.69 Å². The summed E-state index contributed by atoms with van der Waals surface area (Å²) in [6.07, 6.45) is -0.332. The number of hydrogen-bond donors (Lipinski definition) is 2. The molecule has 1 unspecified atom stereocenters. The molecule has 0 fully saturated rings. The Morgan fingerprint density at radius 3 is 2.45 bits per heavy atom. The number of aliphatic hydroxyl groups is 1. The molecule has 0 aliphatic carbocycles. The molecule has 2 N–H and O–H groups in total. The van der Waals surface area contributed by atoms with Crippen LogP contribution >= 0.6 is 36.4 Å². The Balaban J connectivity index is 0.00000210. The Hall–Kier alpha value is -0.902. The molecule has 2 aromatic carbocycles. The number of ether oxygens (including phenoxy) is 1. The molecule has 0 amide bonds. The third-order valence-electron chi connectivity index (χ3n) is 4.82. The van der Waals surface area contributed by atoms with E-state index in [1.54, 1.807) is 7.11 Å². The fourth-order valence-corrected chi connectivity index (χ4v) is 6.99. The van der Waals surface area contributed by atoms with Crippen molar-refractivity contribution in [2.45, 2.75) is 35.6 Å². The smallest absolute Gasteiger partial charge is 0.147 e. The van der Waals surface area contributed by atoms with E-state index in [-0.39, 0.29) is 30.9 Å². The van der Waals surface area contributed by atoms with E-state index in [0.717, 1.165) is 38.5 Å². The van der Waals surface area contributed by atoms with E-state index in [9.17, 15) is 5.11 Å². The monoisotopic (exact) mass is 520 g/mol. The Morgan fingerprint density at radius 2 is 1.79 bits per heavy atom. The number of aliphatic hydroxyl groups excluding tert-OH is 1. The van der Waals surface area contributed by atoms with Crippen molar-refractivity contribution in [1.82, 2.24) is 4.98 Å². The first kappa shape index (κ1) is 26.1. The van der Waals surface area contributed by atoms with Gasteiger partial charge in [-0.3, -0.25) is 0 Å². The van der Waals surface area contributed by atoms with Crippen LogP contribution in [0.5, 0.6) is 5.75 Å². The number of rotatable bonds is 8. The number of fused-ring (bicyclic) bond motifs is 2. The van der Waals surface area contributed by atoms with Gasteiger partial charge < -0.3 is 0 Å². The first-order valence-corrected chi connectivity index (χ1v) is 13.6. The average molecular weight is 522 g/mol. The zero-order chi connectivity index (χ0) is 19.4. The van der Waals surface area contributed by atoms with Gasteiger partial charge in [-0.2, -0.15) is 0 Å². The minimum absolute atomic E-state index is 0. The zero-order valence-electron chi connectivity index (χ0n) is 16.8. The van der Waals surface area contributed by atoms with Gasteiger partial charge in [0, 0.05) is 0 Å². The van der Waals surface area contributed by atoms with Crippen molar-refractivity contribution in [3.05, 3.63) is 41.4 Å². The number of pyridine rings is 1. The summed E-state index contributed by atoms with van der Waals surface area (Å²) in [5, 5.41) is 20.1. The Morgan fingerprint density at radius 1 is 1.07 bits per heavy atom. The van der Waals surface area contributed by atoms with Gasteiger partial charge in [0.05, 0.1) is 0 Å². The van der Waals surface area contributed by atoms with Gasteiger partial charge in [0.1, 0.15) is 0 Å². The summed E-state index contributed by atoms with van der Waals surface area (Å²) in [4.78, 5) is 4.74. The molecule has 0 saturated carbocycles. The van der Waals surface area contributed by atoms with Crippen LogP contribution in [-0.2, 0) is 0 Å². The van der Waals surface area contributed by atoms with Gasteiger partial charge in [0.2, 0.25) is 0 Å². The van der Waals surface area contributed by atoms with E-state index in [4.69, 9.17) is 21.3 Å². The molecule has 4 nitrogen and oxygen atoms in total. The van der Waals surface area contributed by atoms with Crippen LogP contribution in [0.2, 0.25) is 20.6 Å². The van der Waals surface area contributed by atoms with Gasteiger partial charge in [-0.15, -0.1) is 24.8 Å². The minimum Gasteiger partial charge on any atom is -0.147 e. The van der Waals surface area contributed by atoms with E-state index in [1.807, 2.05) is 36.4 Å². The Bertz CT molecular complexity index is 939. The second-order valence-corrected chi connectivity index (χ2v) is 13.2. The van der Waals surface area contributed by atoms with Crippen molar-refractivity contribution >= 4 is 78.6 Å². The summed E-state index contributed by atoms with van der Waals surface area (Å²) in [5.41, 5.74) is 2.68. The minimum atomic E-state index is -0.903. The molecular weight excluding hydrogens is 494 g/mol. The van der Waals surface area contributed by atoms with Gasteiger partial charge in [0.25, 0.3) is 0 Å². The molecule has 0 aliphatic rings. The third-order valence-corrected chi connectivity index (χ3v) is 10.8. The van der Waals surface area contributed by atoms with Crippen LogP contribution in [0.15, 0.2) is 36.4 Å². The number of anilines is 1. The average Bonchev–Trinajstić information content (AvgIpc) is 2.68. The van der Waals surface area contributed by atoms with E-state index in [1.165, 1.54) is 10.4 Å². The fraction of sp³-hybridized carbons (Fsp3) is 0.381. The van der Waals surface area contributed by atoms with Gasteiger partial charge in [-0.25, -0.2) is 0 Å². The number of halogens is 3. The molecule has 1 heterocycles. The van der Waals surface area contributed by atoms with Crippen LogP contribution in [0.1, 0.15) is 13.8 Å². The van der Waals surface area contributed by atoms with Crippen molar-refractivity contribution < 1.29 is 9.84 Å². The van der Waals surface area contributed by atoms with Crippen LogP contribution in [0.25, 0.3) is 21.8 Å². The summed E-state index contributed by atoms with van der Waals surface area (Å²) in [6, 6.07) is 11.6. The topological polar surface area (TPSA) is 54.4 Å². The van der Waals surface area contributed by atoms with E-state index in [2.05, 4.69) is 19.2 Å². The predicted octanol–water partition coefficient (Wildman–Crippen LogP) is 6.20. The van der Waals surface area contributed by atoms with Gasteiger partial charge in [-0.05, 0) is 0 Å². The molecule has 0 aliphatic heterocycles. The van der Waals surface area contributed by atoms with Crippen LogP contribution in [0, 0.1) is 0 Å². The largest absolute Gasteiger partial charge is 0.147 e. The van der Waals surface area contributed by atoms with E-state index >= 15 is 0 Å². The molecule has 0 bridgehead atoms. The van der Waals surface area contributed by atoms with Crippen LogP contribution < -0.4 is 10.1 Å². The quantitative estimate of drug-likeness (QED) is 0.274. The maximum Gasteiger partial charge on any atom is -0.147 e. The standard InChI is InChI=1S/C21H26AsClN2O2.2ClH/c1-4-22(5-2)12-15(26)13-24-21-17-8-6-14(23)10-20(17)25-19-9-7-16(27-3)11-18(19)21;;/h6-11,15,26H,4-5,12-13H2,1-3H3,(H,24,25);2*1H. The van der Waals surface area contributed by atoms with Gasteiger partial charge >= 0.3 is 170 Å². The summed E-state index contributed by atoms with van der Waals surface area (Å²) in [7, 11) is 1.66. The van der Waals surface area contributed by atoms with Crippen LogP contribution in [0.3, 0.4) is 0 Å². The van der Waals surface area contributed by atoms with Crippen molar-refractivity contribution in [3.8, 4) is 5.75 Å². The molecule has 3 aromatic rings. The normalized spacial score (nSPS) is 11.8. The maximum absolute atomic E-state index is 10.5. The first-order chi connectivity index (χ1) is 13.0. The molecule has 29 heavy (non-hydrogen) atoms. The SMILES string of the molecule is CC[As](CC)CC(O)CNc1c2ccc(Cl)cc2nc2ccc(OC)cc12.Cl.Cl. The molecular formula is C21H28AsCl3N2O2. The molecule has 0 spiro atoms. The van der Waals surface area contributed by atoms with Crippen molar-refractivity contribution in [3.63, 3.8) is 0 Å². The van der Waals surface area contributed by atoms with Gasteiger partial charge in [-0.1, -0.05) is 0 Å². The number of aromatic nitrogens is 1. The van der Waals surface area contributed by atoms with Crippen LogP contribution in [-0.4, -0.2) is 44.5 Å². The van der Waals surface area contributed by atoms with E-state index in [0.29, 0.717) is 11.6 Å². The zero-order valence-corrected chi connectivity index (χ0v) is 21.1. The van der Waals surface area contributed by atoms with Gasteiger partial charge in [0.15, 0.2) is 0 Å². The number of benzene rings is 2. The fourth-order valence-electron chi connectivity index (χ4n) is 3.28. The van der Waals surface area contributed by atoms with Crippen molar-refractivity contribution in [2.24, 2.45) is 0 Å². The second-order valence-electron chi connectivity index (χ2n) is 6.55. The summed E-state index contributed by atoms with van der Waals surface area (Å²) in [5.74, 6) is 0.783. The number of methoxy groups -OCH3 is 1. The Labute approximate surface area is 194 Å².